The number of alkyl halides is 3. The fourth-order valence-corrected chi connectivity index (χ4v) is 5.11. The SMILES string of the molecule is COc1ccnc(C(=O)N[C@@H](C)c2noc(C3C(c4ccc(Cl)cc4)C3c3ccc(C(F)(F)F)cc3)n2)c1OC(=O)C(C)C. The number of carbonyl (C=O) groups is 2. The molecule has 9 nitrogen and oxygen atoms in total. The number of esters is 1. The van der Waals surface area contributed by atoms with E-state index in [1.807, 2.05) is 12.1 Å². The molecule has 0 bridgehead atoms. The van der Waals surface area contributed by atoms with Crippen LogP contribution in [0.25, 0.3) is 0 Å². The van der Waals surface area contributed by atoms with E-state index in [4.69, 9.17) is 25.6 Å². The lowest BCUT2D eigenvalue weighted by Gasteiger charge is -2.15. The van der Waals surface area contributed by atoms with Gasteiger partial charge in [0.2, 0.25) is 11.6 Å². The Morgan fingerprint density at radius 3 is 2.14 bits per heavy atom. The maximum absolute atomic E-state index is 13.2. The number of pyridine rings is 1. The third-order valence-corrected chi connectivity index (χ3v) is 7.60. The number of nitrogens with one attached hydrogen (secondary N) is 1. The summed E-state index contributed by atoms with van der Waals surface area (Å²) in [5.41, 5.74) is 0.703. The van der Waals surface area contributed by atoms with E-state index in [1.54, 1.807) is 32.9 Å². The minimum Gasteiger partial charge on any atom is -0.493 e. The summed E-state index contributed by atoms with van der Waals surface area (Å²) in [6, 6.07) is 12.9. The number of ether oxygens (including phenoxy) is 2. The molecular formula is C31H28ClF3N4O5. The standard InChI is InChI=1S/C31H28ClF3N4O5/c1-15(2)30(41)43-26-21(42-4)13-14-36-25(26)28(40)37-16(3)27-38-29(44-39-27)24-22(23(24)18-7-11-20(32)12-8-18)17-5-9-19(10-6-17)31(33,34)35/h5-16,22-24H,1-4H3,(H,37,40)/t16-,22?,23?,24?/m0/s1. The molecule has 0 spiro atoms. The number of nitrogens with zero attached hydrogens (tertiary/aromatic N) is 3. The van der Waals surface area contributed by atoms with Gasteiger partial charge in [-0.3, -0.25) is 9.59 Å². The lowest BCUT2D eigenvalue weighted by Crippen LogP contribution is -2.29. The summed E-state index contributed by atoms with van der Waals surface area (Å²) in [5.74, 6) is -1.90. The Balaban J connectivity index is 1.38. The van der Waals surface area contributed by atoms with Crippen molar-refractivity contribution in [3.05, 3.63) is 99.9 Å². The van der Waals surface area contributed by atoms with E-state index in [2.05, 4.69) is 20.4 Å². The second-order valence-electron chi connectivity index (χ2n) is 10.7. The average molecular weight is 629 g/mol. The van der Waals surface area contributed by atoms with Crippen molar-refractivity contribution in [2.45, 2.75) is 50.7 Å². The summed E-state index contributed by atoms with van der Waals surface area (Å²) in [6.45, 7) is 4.95. The van der Waals surface area contributed by atoms with Crippen molar-refractivity contribution in [1.82, 2.24) is 20.4 Å². The maximum Gasteiger partial charge on any atom is 0.416 e. The Labute approximate surface area is 255 Å². The largest absolute Gasteiger partial charge is 0.493 e. The summed E-state index contributed by atoms with van der Waals surface area (Å²) >= 11 is 6.07. The van der Waals surface area contributed by atoms with Crippen LogP contribution in [-0.2, 0) is 11.0 Å². The van der Waals surface area contributed by atoms with Crippen LogP contribution in [0.1, 0.15) is 83.5 Å². The lowest BCUT2D eigenvalue weighted by atomic mass is 10.0. The van der Waals surface area contributed by atoms with Crippen molar-refractivity contribution in [2.75, 3.05) is 7.11 Å². The number of hydrogen-bond acceptors (Lipinski definition) is 8. The first-order valence-electron chi connectivity index (χ1n) is 13.7. The van der Waals surface area contributed by atoms with Gasteiger partial charge in [-0.2, -0.15) is 18.2 Å². The van der Waals surface area contributed by atoms with E-state index < -0.39 is 35.6 Å². The number of benzene rings is 2. The van der Waals surface area contributed by atoms with Gasteiger partial charge in [-0.15, -0.1) is 0 Å². The van der Waals surface area contributed by atoms with E-state index in [-0.39, 0.29) is 46.7 Å². The highest BCUT2D eigenvalue weighted by Gasteiger charge is 2.56. The maximum atomic E-state index is 13.2. The van der Waals surface area contributed by atoms with Gasteiger partial charge in [0.05, 0.1) is 30.6 Å². The van der Waals surface area contributed by atoms with E-state index >= 15 is 0 Å². The number of carbonyl (C=O) groups excluding carboxylic acids is 2. The summed E-state index contributed by atoms with van der Waals surface area (Å²) in [5, 5.41) is 7.35. The number of methoxy groups -OCH3 is 1. The first-order chi connectivity index (χ1) is 20.9. The van der Waals surface area contributed by atoms with E-state index in [9.17, 15) is 22.8 Å². The fraction of sp³-hybridized carbons (Fsp3) is 0.323. The Hall–Kier alpha value is -4.45. The van der Waals surface area contributed by atoms with Crippen molar-refractivity contribution >= 4 is 23.5 Å². The van der Waals surface area contributed by atoms with Crippen molar-refractivity contribution < 1.29 is 36.8 Å². The van der Waals surface area contributed by atoms with Crippen molar-refractivity contribution in [3.8, 4) is 11.5 Å². The zero-order chi connectivity index (χ0) is 31.8. The second kappa shape index (κ2) is 12.3. The predicted octanol–water partition coefficient (Wildman–Crippen LogP) is 6.86. The molecule has 1 aliphatic carbocycles. The molecule has 1 amide bonds. The molecule has 2 heterocycles. The van der Waals surface area contributed by atoms with Gasteiger partial charge >= 0.3 is 12.1 Å². The molecular weight excluding hydrogens is 601 g/mol. The summed E-state index contributed by atoms with van der Waals surface area (Å²) in [4.78, 5) is 34.1. The van der Waals surface area contributed by atoms with Crippen LogP contribution in [0.4, 0.5) is 13.2 Å². The van der Waals surface area contributed by atoms with Crippen molar-refractivity contribution in [1.29, 1.82) is 0 Å². The Kier molecular flexibility index (Phi) is 8.64. The van der Waals surface area contributed by atoms with Crippen LogP contribution in [0, 0.1) is 5.92 Å². The quantitative estimate of drug-likeness (QED) is 0.200. The molecule has 2 aromatic heterocycles. The predicted molar refractivity (Wildman–Crippen MR) is 153 cm³/mol. The second-order valence-corrected chi connectivity index (χ2v) is 11.1. The zero-order valence-electron chi connectivity index (χ0n) is 24.1. The number of hydrogen-bond donors (Lipinski definition) is 1. The lowest BCUT2D eigenvalue weighted by molar-refractivity contribution is -0.138. The molecule has 4 aromatic rings. The van der Waals surface area contributed by atoms with Crippen molar-refractivity contribution in [2.24, 2.45) is 5.92 Å². The van der Waals surface area contributed by atoms with Crippen LogP contribution in [-0.4, -0.2) is 34.1 Å². The Morgan fingerprint density at radius 2 is 1.57 bits per heavy atom. The summed E-state index contributed by atoms with van der Waals surface area (Å²) in [6.07, 6.45) is -3.10. The zero-order valence-corrected chi connectivity index (χ0v) is 24.8. The van der Waals surface area contributed by atoms with E-state index in [1.165, 1.54) is 31.5 Å². The Bertz CT molecular complexity index is 1660. The molecule has 0 aliphatic heterocycles. The molecule has 1 saturated carbocycles. The normalized spacial score (nSPS) is 18.5. The monoisotopic (exact) mass is 628 g/mol. The Morgan fingerprint density at radius 1 is 0.955 bits per heavy atom. The number of amides is 1. The smallest absolute Gasteiger partial charge is 0.416 e. The first-order valence-corrected chi connectivity index (χ1v) is 14.1. The van der Waals surface area contributed by atoms with Crippen molar-refractivity contribution in [3.63, 3.8) is 0 Å². The van der Waals surface area contributed by atoms with Crippen LogP contribution in [0.5, 0.6) is 11.5 Å². The van der Waals surface area contributed by atoms with E-state index in [0.717, 1.165) is 17.7 Å². The third kappa shape index (κ3) is 6.40. The minimum atomic E-state index is -4.45. The molecule has 44 heavy (non-hydrogen) atoms. The summed E-state index contributed by atoms with van der Waals surface area (Å²) in [7, 11) is 1.38. The fourth-order valence-electron chi connectivity index (χ4n) is 4.99. The van der Waals surface area contributed by atoms with E-state index in [0.29, 0.717) is 10.6 Å². The highest BCUT2D eigenvalue weighted by molar-refractivity contribution is 6.30. The number of aromatic nitrogens is 3. The molecule has 0 radical (unpaired) electrons. The molecule has 1 N–H and O–H groups in total. The van der Waals surface area contributed by atoms with Crippen LogP contribution in [0.2, 0.25) is 5.02 Å². The molecule has 2 aromatic carbocycles. The molecule has 230 valence electrons. The average Bonchev–Trinajstić information content (AvgIpc) is 3.53. The first kappa shape index (κ1) is 31.0. The molecule has 3 unspecified atom stereocenters. The molecule has 0 saturated heterocycles. The van der Waals surface area contributed by atoms with Gasteiger partial charge in [-0.25, -0.2) is 4.98 Å². The highest BCUT2D eigenvalue weighted by Crippen LogP contribution is 2.66. The topological polar surface area (TPSA) is 116 Å². The van der Waals surface area contributed by atoms with Gasteiger partial charge in [0.1, 0.15) is 0 Å². The minimum absolute atomic E-state index is 0.115. The molecule has 1 aliphatic rings. The van der Waals surface area contributed by atoms with Gasteiger partial charge in [0.15, 0.2) is 17.3 Å². The van der Waals surface area contributed by atoms with Crippen LogP contribution >= 0.6 is 11.6 Å². The van der Waals surface area contributed by atoms with Crippen LogP contribution in [0.15, 0.2) is 65.3 Å². The van der Waals surface area contributed by atoms with Gasteiger partial charge in [0.25, 0.3) is 5.91 Å². The van der Waals surface area contributed by atoms with Gasteiger partial charge < -0.3 is 19.3 Å². The van der Waals surface area contributed by atoms with Crippen LogP contribution in [0.3, 0.4) is 0 Å². The van der Waals surface area contributed by atoms with Crippen LogP contribution < -0.4 is 14.8 Å². The number of halogens is 4. The van der Waals surface area contributed by atoms with Gasteiger partial charge in [-0.1, -0.05) is 54.9 Å². The summed E-state index contributed by atoms with van der Waals surface area (Å²) < 4.78 is 55.8. The highest BCUT2D eigenvalue weighted by atomic mass is 35.5. The molecule has 1 fully saturated rings. The van der Waals surface area contributed by atoms with Gasteiger partial charge in [0, 0.05) is 29.1 Å². The molecule has 5 rings (SSSR count). The van der Waals surface area contributed by atoms with Gasteiger partial charge in [-0.05, 0) is 42.3 Å². The molecule has 13 heteroatoms. The molecule has 4 atom stereocenters. The third-order valence-electron chi connectivity index (χ3n) is 7.35. The number of rotatable bonds is 9.